The van der Waals surface area contributed by atoms with Crippen molar-refractivity contribution in [2.45, 2.75) is 47.5 Å². The number of aryl methyl sites for hydroxylation is 4. The van der Waals surface area contributed by atoms with E-state index < -0.39 is 0 Å². The number of allylic oxidation sites excluding steroid dienone is 1. The topological polar surface area (TPSA) is 37.6 Å². The van der Waals surface area contributed by atoms with Gasteiger partial charge in [-0.15, -0.1) is 6.58 Å². The highest BCUT2D eigenvalue weighted by atomic mass is 14.8. The molecule has 31 heavy (non-hydrogen) atoms. The number of benzene rings is 2. The summed E-state index contributed by atoms with van der Waals surface area (Å²) in [6, 6.07) is 18.6. The van der Waals surface area contributed by atoms with Crippen LogP contribution in [0.1, 0.15) is 53.4 Å². The van der Waals surface area contributed by atoms with Crippen molar-refractivity contribution in [3.05, 3.63) is 101 Å². The minimum Gasteiger partial charge on any atom is -0.251 e. The Kier molecular flexibility index (Phi) is 7.30. The molecule has 3 heteroatoms. The van der Waals surface area contributed by atoms with Crippen LogP contribution in [-0.2, 0) is 0 Å². The second-order valence-corrected chi connectivity index (χ2v) is 7.97. The highest BCUT2D eigenvalue weighted by Gasteiger charge is 2.11. The highest BCUT2D eigenvalue weighted by molar-refractivity contribution is 6.03. The van der Waals surface area contributed by atoms with Gasteiger partial charge >= 0.3 is 0 Å². The number of para-hydroxylation sites is 2. The number of nitrogens with zero attached hydrogens (tertiary/aromatic N) is 3. The number of rotatable bonds is 7. The third kappa shape index (κ3) is 5.43. The molecule has 0 aliphatic carbocycles. The fourth-order valence-electron chi connectivity index (χ4n) is 3.60. The Balaban J connectivity index is 2.05. The van der Waals surface area contributed by atoms with E-state index in [-0.39, 0.29) is 0 Å². The molecule has 0 N–H and O–H groups in total. The van der Waals surface area contributed by atoms with E-state index in [9.17, 15) is 0 Å². The van der Waals surface area contributed by atoms with Crippen LogP contribution in [0.3, 0.4) is 0 Å². The molecule has 0 spiro atoms. The van der Waals surface area contributed by atoms with Crippen LogP contribution in [-0.4, -0.2) is 16.4 Å². The third-order valence-electron chi connectivity index (χ3n) is 5.41. The Morgan fingerprint density at radius 3 is 1.81 bits per heavy atom. The molecule has 158 valence electrons. The molecule has 0 radical (unpaired) electrons. The van der Waals surface area contributed by atoms with E-state index in [1.54, 1.807) is 0 Å². The molecule has 3 rings (SSSR count). The number of aliphatic imine (C=N–C) groups is 2. The van der Waals surface area contributed by atoms with Gasteiger partial charge in [0, 0.05) is 0 Å². The van der Waals surface area contributed by atoms with Crippen LogP contribution >= 0.6 is 0 Å². The normalized spacial score (nSPS) is 12.2. The first kappa shape index (κ1) is 22.4. The van der Waals surface area contributed by atoms with Crippen LogP contribution in [0, 0.1) is 27.7 Å². The first-order valence-corrected chi connectivity index (χ1v) is 10.7. The average Bonchev–Trinajstić information content (AvgIpc) is 2.75. The fourth-order valence-corrected chi connectivity index (χ4v) is 3.60. The number of pyridine rings is 1. The van der Waals surface area contributed by atoms with Crippen LogP contribution in [0.4, 0.5) is 11.4 Å². The van der Waals surface area contributed by atoms with E-state index in [1.165, 1.54) is 22.3 Å². The second-order valence-electron chi connectivity index (χ2n) is 7.97. The number of aromatic nitrogens is 1. The van der Waals surface area contributed by atoms with Gasteiger partial charge in [0.05, 0.1) is 34.2 Å². The number of hydrogen-bond acceptors (Lipinski definition) is 3. The van der Waals surface area contributed by atoms with Gasteiger partial charge in [0.25, 0.3) is 0 Å². The molecular weight excluding hydrogens is 378 g/mol. The van der Waals surface area contributed by atoms with Gasteiger partial charge in [-0.3, -0.25) is 9.98 Å². The third-order valence-corrected chi connectivity index (χ3v) is 5.41. The molecule has 0 amide bonds. The lowest BCUT2D eigenvalue weighted by Crippen LogP contribution is -2.08. The zero-order valence-corrected chi connectivity index (χ0v) is 19.2. The molecule has 0 unspecified atom stereocenters. The Morgan fingerprint density at radius 2 is 1.26 bits per heavy atom. The molecule has 3 nitrogen and oxygen atoms in total. The van der Waals surface area contributed by atoms with Gasteiger partial charge in [0.1, 0.15) is 0 Å². The zero-order chi connectivity index (χ0) is 22.4. The summed E-state index contributed by atoms with van der Waals surface area (Å²) in [5.41, 5.74) is 10.3. The van der Waals surface area contributed by atoms with Gasteiger partial charge in [-0.05, 0) is 81.8 Å². The van der Waals surface area contributed by atoms with E-state index >= 15 is 0 Å². The van der Waals surface area contributed by atoms with Crippen molar-refractivity contribution in [3.8, 4) is 0 Å². The van der Waals surface area contributed by atoms with Crippen molar-refractivity contribution < 1.29 is 0 Å². The monoisotopic (exact) mass is 409 g/mol. The fraction of sp³-hybridized carbons (Fsp3) is 0.250. The van der Waals surface area contributed by atoms with E-state index in [1.807, 2.05) is 31.2 Å². The molecule has 2 aromatic carbocycles. The standard InChI is InChI=1S/C28H31N3/c1-7-8-16-26(31-28-21(4)14-10-15-22(28)5)25-18-11-17-24(30-25)23(6)29-27-19(2)12-9-13-20(27)3/h7,9-15,17-18H,1,8,16H2,2-6H3. The van der Waals surface area contributed by atoms with Gasteiger partial charge in [0.15, 0.2) is 0 Å². The number of hydrogen-bond donors (Lipinski definition) is 0. The van der Waals surface area contributed by atoms with Crippen molar-refractivity contribution in [1.82, 2.24) is 4.98 Å². The maximum absolute atomic E-state index is 5.04. The lowest BCUT2D eigenvalue weighted by molar-refractivity contribution is 1.08. The summed E-state index contributed by atoms with van der Waals surface area (Å²) in [5, 5.41) is 0. The van der Waals surface area contributed by atoms with Crippen molar-refractivity contribution in [2.24, 2.45) is 9.98 Å². The first-order valence-electron chi connectivity index (χ1n) is 10.7. The molecule has 0 atom stereocenters. The van der Waals surface area contributed by atoms with Crippen molar-refractivity contribution >= 4 is 22.8 Å². The second kappa shape index (κ2) is 10.1. The van der Waals surface area contributed by atoms with Crippen LogP contribution in [0.15, 0.2) is 77.2 Å². The van der Waals surface area contributed by atoms with Gasteiger partial charge in [-0.25, -0.2) is 4.98 Å². The summed E-state index contributed by atoms with van der Waals surface area (Å²) in [6.45, 7) is 14.3. The smallest absolute Gasteiger partial charge is 0.0852 e. The highest BCUT2D eigenvalue weighted by Crippen LogP contribution is 2.26. The van der Waals surface area contributed by atoms with Crippen LogP contribution in [0.5, 0.6) is 0 Å². The summed E-state index contributed by atoms with van der Waals surface area (Å²) in [4.78, 5) is 14.9. The lowest BCUT2D eigenvalue weighted by atomic mass is 10.1. The van der Waals surface area contributed by atoms with Crippen LogP contribution in [0.25, 0.3) is 0 Å². The van der Waals surface area contributed by atoms with Crippen molar-refractivity contribution in [2.75, 3.05) is 0 Å². The summed E-state index contributed by atoms with van der Waals surface area (Å²) in [7, 11) is 0. The minimum absolute atomic E-state index is 0.792. The van der Waals surface area contributed by atoms with Gasteiger partial charge in [-0.2, -0.15) is 0 Å². The zero-order valence-electron chi connectivity index (χ0n) is 19.2. The van der Waals surface area contributed by atoms with Gasteiger partial charge in [-0.1, -0.05) is 48.5 Å². The Labute approximate surface area is 186 Å². The van der Waals surface area contributed by atoms with E-state index in [0.29, 0.717) is 0 Å². The predicted octanol–water partition coefficient (Wildman–Crippen LogP) is 7.54. The minimum atomic E-state index is 0.792. The SMILES string of the molecule is C=CCCC(=Nc1c(C)cccc1C)c1cccc(C(C)=Nc2c(C)cccc2C)n1. The van der Waals surface area contributed by atoms with E-state index in [0.717, 1.165) is 47.0 Å². The Morgan fingerprint density at radius 1 is 0.774 bits per heavy atom. The average molecular weight is 410 g/mol. The molecule has 0 fully saturated rings. The van der Waals surface area contributed by atoms with Crippen LogP contribution < -0.4 is 0 Å². The molecule has 3 aromatic rings. The van der Waals surface area contributed by atoms with Crippen molar-refractivity contribution in [3.63, 3.8) is 0 Å². The molecule has 1 aromatic heterocycles. The summed E-state index contributed by atoms with van der Waals surface area (Å²) in [5.74, 6) is 0. The van der Waals surface area contributed by atoms with E-state index in [4.69, 9.17) is 15.0 Å². The molecular formula is C28H31N3. The van der Waals surface area contributed by atoms with Gasteiger partial charge in [0.2, 0.25) is 0 Å². The Bertz CT molecular complexity index is 1110. The summed E-state index contributed by atoms with van der Waals surface area (Å²) in [6.07, 6.45) is 3.57. The molecule has 1 heterocycles. The van der Waals surface area contributed by atoms with Crippen LogP contribution in [0.2, 0.25) is 0 Å². The van der Waals surface area contributed by atoms with Crippen molar-refractivity contribution in [1.29, 1.82) is 0 Å². The molecule has 0 aliphatic heterocycles. The largest absolute Gasteiger partial charge is 0.251 e. The Hall–Kier alpha value is -3.33. The summed E-state index contributed by atoms with van der Waals surface area (Å²) >= 11 is 0. The molecule has 0 aliphatic rings. The predicted molar refractivity (Wildman–Crippen MR) is 134 cm³/mol. The molecule has 0 saturated heterocycles. The lowest BCUT2D eigenvalue weighted by Gasteiger charge is -2.11. The maximum atomic E-state index is 5.04. The maximum Gasteiger partial charge on any atom is 0.0852 e. The van der Waals surface area contributed by atoms with Gasteiger partial charge < -0.3 is 0 Å². The quantitative estimate of drug-likeness (QED) is 0.293. The molecule has 0 saturated carbocycles. The first-order chi connectivity index (χ1) is 14.9. The molecule has 0 bridgehead atoms. The summed E-state index contributed by atoms with van der Waals surface area (Å²) < 4.78 is 0. The van der Waals surface area contributed by atoms with E-state index in [2.05, 4.69) is 70.7 Å².